The van der Waals surface area contributed by atoms with Crippen molar-refractivity contribution in [2.75, 3.05) is 5.73 Å². The molecule has 0 aliphatic heterocycles. The van der Waals surface area contributed by atoms with E-state index in [0.29, 0.717) is 21.3 Å². The minimum Gasteiger partial charge on any atom is -0.384 e. The molecule has 2 heterocycles. The zero-order valence-corrected chi connectivity index (χ0v) is 10.2. The number of nitrogens with two attached hydrogens (primary N) is 1. The van der Waals surface area contributed by atoms with E-state index in [2.05, 4.69) is 9.97 Å². The molecule has 0 saturated heterocycles. The van der Waals surface area contributed by atoms with Gasteiger partial charge < -0.3 is 10.8 Å². The Morgan fingerprint density at radius 3 is 2.71 bits per heavy atom. The van der Waals surface area contributed by atoms with Crippen molar-refractivity contribution in [1.29, 1.82) is 0 Å². The van der Waals surface area contributed by atoms with E-state index in [1.165, 1.54) is 12.4 Å². The van der Waals surface area contributed by atoms with E-state index in [-0.39, 0.29) is 5.82 Å². The number of halogens is 2. The van der Waals surface area contributed by atoms with Crippen LogP contribution in [-0.4, -0.2) is 15.1 Å². The average molecular weight is 270 g/mol. The second-order valence-corrected chi connectivity index (χ2v) is 4.27. The SMILES string of the molecule is Nc1ncc(Cl)cc1C(O)c1ccnc(Cl)c1. The second kappa shape index (κ2) is 4.87. The fraction of sp³-hybridized carbons (Fsp3) is 0.0909. The summed E-state index contributed by atoms with van der Waals surface area (Å²) in [5.74, 6) is 0.231. The molecule has 0 bridgehead atoms. The maximum Gasteiger partial charge on any atom is 0.129 e. The standard InChI is InChI=1S/C11H9Cl2N3O/c12-7-4-8(11(14)16-5-7)10(17)6-1-2-15-9(13)3-6/h1-5,10,17H,(H2,14,16). The molecule has 3 N–H and O–H groups in total. The van der Waals surface area contributed by atoms with Crippen LogP contribution >= 0.6 is 23.2 Å². The van der Waals surface area contributed by atoms with E-state index in [4.69, 9.17) is 28.9 Å². The summed E-state index contributed by atoms with van der Waals surface area (Å²) in [7, 11) is 0. The molecular formula is C11H9Cl2N3O. The normalized spacial score (nSPS) is 12.4. The molecule has 0 aliphatic carbocycles. The van der Waals surface area contributed by atoms with Crippen LogP contribution < -0.4 is 5.73 Å². The maximum absolute atomic E-state index is 10.2. The lowest BCUT2D eigenvalue weighted by molar-refractivity contribution is 0.220. The first-order chi connectivity index (χ1) is 8.08. The Balaban J connectivity index is 2.43. The van der Waals surface area contributed by atoms with Gasteiger partial charge in [0.15, 0.2) is 0 Å². The van der Waals surface area contributed by atoms with Gasteiger partial charge in [-0.1, -0.05) is 23.2 Å². The highest BCUT2D eigenvalue weighted by molar-refractivity contribution is 6.30. The number of aliphatic hydroxyl groups is 1. The molecule has 2 rings (SSSR count). The van der Waals surface area contributed by atoms with Gasteiger partial charge in [0.1, 0.15) is 17.1 Å². The molecular weight excluding hydrogens is 261 g/mol. The van der Waals surface area contributed by atoms with Gasteiger partial charge in [-0.3, -0.25) is 0 Å². The minimum absolute atomic E-state index is 0.231. The van der Waals surface area contributed by atoms with E-state index in [0.717, 1.165) is 0 Å². The topological polar surface area (TPSA) is 72.0 Å². The van der Waals surface area contributed by atoms with Gasteiger partial charge in [-0.15, -0.1) is 0 Å². The van der Waals surface area contributed by atoms with E-state index >= 15 is 0 Å². The molecule has 0 aromatic carbocycles. The number of aliphatic hydroxyl groups excluding tert-OH is 1. The summed E-state index contributed by atoms with van der Waals surface area (Å²) in [6.07, 6.45) is 2.00. The molecule has 4 nitrogen and oxygen atoms in total. The van der Waals surface area contributed by atoms with Crippen LogP contribution in [-0.2, 0) is 0 Å². The van der Waals surface area contributed by atoms with E-state index in [1.54, 1.807) is 18.2 Å². The lowest BCUT2D eigenvalue weighted by Crippen LogP contribution is -2.05. The first-order valence-electron chi connectivity index (χ1n) is 4.78. The van der Waals surface area contributed by atoms with Gasteiger partial charge in [-0.05, 0) is 23.8 Å². The van der Waals surface area contributed by atoms with Crippen LogP contribution in [0, 0.1) is 0 Å². The highest BCUT2D eigenvalue weighted by Crippen LogP contribution is 2.28. The van der Waals surface area contributed by atoms with Crippen LogP contribution in [0.3, 0.4) is 0 Å². The number of hydrogen-bond donors (Lipinski definition) is 2. The molecule has 0 fully saturated rings. The Bertz CT molecular complexity index is 548. The van der Waals surface area contributed by atoms with Crippen LogP contribution in [0.4, 0.5) is 5.82 Å². The number of nitrogen functional groups attached to an aromatic ring is 1. The predicted molar refractivity (Wildman–Crippen MR) is 67.0 cm³/mol. The Morgan fingerprint density at radius 1 is 1.24 bits per heavy atom. The lowest BCUT2D eigenvalue weighted by atomic mass is 10.0. The van der Waals surface area contributed by atoms with Crippen LogP contribution in [0.15, 0.2) is 30.6 Å². The van der Waals surface area contributed by atoms with Crippen molar-refractivity contribution in [3.8, 4) is 0 Å². The Kier molecular flexibility index (Phi) is 3.47. The number of nitrogens with zero attached hydrogens (tertiary/aromatic N) is 2. The van der Waals surface area contributed by atoms with Crippen molar-refractivity contribution in [2.24, 2.45) is 0 Å². The summed E-state index contributed by atoms with van der Waals surface area (Å²) >= 11 is 11.6. The van der Waals surface area contributed by atoms with Crippen molar-refractivity contribution in [3.63, 3.8) is 0 Å². The zero-order valence-electron chi connectivity index (χ0n) is 8.64. The second-order valence-electron chi connectivity index (χ2n) is 3.44. The van der Waals surface area contributed by atoms with E-state index in [1.807, 2.05) is 0 Å². The molecule has 88 valence electrons. The zero-order chi connectivity index (χ0) is 12.4. The number of aromatic nitrogens is 2. The quantitative estimate of drug-likeness (QED) is 0.822. The van der Waals surface area contributed by atoms with Crippen molar-refractivity contribution in [3.05, 3.63) is 51.9 Å². The number of pyridine rings is 2. The van der Waals surface area contributed by atoms with E-state index < -0.39 is 6.10 Å². The highest BCUT2D eigenvalue weighted by atomic mass is 35.5. The van der Waals surface area contributed by atoms with Gasteiger partial charge >= 0.3 is 0 Å². The van der Waals surface area contributed by atoms with Crippen LogP contribution in [0.1, 0.15) is 17.2 Å². The fourth-order valence-corrected chi connectivity index (χ4v) is 1.80. The third kappa shape index (κ3) is 2.66. The van der Waals surface area contributed by atoms with Crippen molar-refractivity contribution < 1.29 is 5.11 Å². The first kappa shape index (κ1) is 12.1. The van der Waals surface area contributed by atoms with Gasteiger partial charge in [0, 0.05) is 18.0 Å². The summed E-state index contributed by atoms with van der Waals surface area (Å²) in [6.45, 7) is 0. The summed E-state index contributed by atoms with van der Waals surface area (Å²) in [5.41, 5.74) is 6.72. The average Bonchev–Trinajstić information content (AvgIpc) is 2.31. The maximum atomic E-state index is 10.2. The molecule has 2 aromatic rings. The van der Waals surface area contributed by atoms with Crippen LogP contribution in [0.2, 0.25) is 10.2 Å². The molecule has 1 unspecified atom stereocenters. The monoisotopic (exact) mass is 269 g/mol. The third-order valence-corrected chi connectivity index (χ3v) is 2.69. The molecule has 0 saturated carbocycles. The minimum atomic E-state index is -0.929. The molecule has 1 atom stereocenters. The summed E-state index contributed by atoms with van der Waals surface area (Å²) in [4.78, 5) is 7.72. The highest BCUT2D eigenvalue weighted by Gasteiger charge is 2.15. The fourth-order valence-electron chi connectivity index (χ4n) is 1.45. The molecule has 17 heavy (non-hydrogen) atoms. The van der Waals surface area contributed by atoms with Crippen molar-refractivity contribution in [2.45, 2.75) is 6.10 Å². The summed E-state index contributed by atoms with van der Waals surface area (Å²) < 4.78 is 0. The van der Waals surface area contributed by atoms with Gasteiger partial charge in [-0.25, -0.2) is 9.97 Å². The number of hydrogen-bond acceptors (Lipinski definition) is 4. The lowest BCUT2D eigenvalue weighted by Gasteiger charge is -2.13. The predicted octanol–water partition coefficient (Wildman–Crippen LogP) is 2.45. The third-order valence-electron chi connectivity index (χ3n) is 2.28. The van der Waals surface area contributed by atoms with Gasteiger partial charge in [0.2, 0.25) is 0 Å². The number of anilines is 1. The molecule has 0 aliphatic rings. The van der Waals surface area contributed by atoms with Crippen LogP contribution in [0.5, 0.6) is 0 Å². The van der Waals surface area contributed by atoms with Crippen molar-refractivity contribution in [1.82, 2.24) is 9.97 Å². The Labute approximate surface area is 108 Å². The first-order valence-corrected chi connectivity index (χ1v) is 5.54. The van der Waals surface area contributed by atoms with Crippen molar-refractivity contribution >= 4 is 29.0 Å². The smallest absolute Gasteiger partial charge is 0.129 e. The van der Waals surface area contributed by atoms with E-state index in [9.17, 15) is 5.11 Å². The molecule has 0 amide bonds. The van der Waals surface area contributed by atoms with Crippen LogP contribution in [0.25, 0.3) is 0 Å². The molecule has 2 aromatic heterocycles. The molecule has 0 spiro atoms. The Morgan fingerprint density at radius 2 is 2.00 bits per heavy atom. The summed E-state index contributed by atoms with van der Waals surface area (Å²) in [5, 5.41) is 10.9. The number of rotatable bonds is 2. The van der Waals surface area contributed by atoms with Gasteiger partial charge in [-0.2, -0.15) is 0 Å². The largest absolute Gasteiger partial charge is 0.384 e. The Hall–Kier alpha value is -1.36. The molecule has 6 heteroatoms. The molecule has 0 radical (unpaired) electrons. The van der Waals surface area contributed by atoms with Gasteiger partial charge in [0.25, 0.3) is 0 Å². The summed E-state index contributed by atoms with van der Waals surface area (Å²) in [6, 6.07) is 4.78. The van der Waals surface area contributed by atoms with Gasteiger partial charge in [0.05, 0.1) is 5.02 Å².